The number of halogens is 1. The van der Waals surface area contributed by atoms with Crippen LogP contribution in [0, 0.1) is 5.92 Å². The Morgan fingerprint density at radius 1 is 1.28 bits per heavy atom. The van der Waals surface area contributed by atoms with Gasteiger partial charge in [0.2, 0.25) is 0 Å². The molecule has 0 spiro atoms. The number of nitrogens with zero attached hydrogens (tertiary/aromatic N) is 3. The van der Waals surface area contributed by atoms with Crippen LogP contribution in [0.3, 0.4) is 0 Å². The van der Waals surface area contributed by atoms with Gasteiger partial charge in [-0.2, -0.15) is 0 Å². The van der Waals surface area contributed by atoms with Gasteiger partial charge in [0.25, 0.3) is 0 Å². The second-order valence-corrected chi connectivity index (χ2v) is 7.95. The molecule has 1 aromatic rings. The lowest BCUT2D eigenvalue weighted by molar-refractivity contribution is -0.0284. The van der Waals surface area contributed by atoms with Crippen molar-refractivity contribution in [1.29, 1.82) is 0 Å². The van der Waals surface area contributed by atoms with E-state index in [1.54, 1.807) is 0 Å². The Hall–Kier alpha value is -0.870. The molecule has 0 radical (unpaired) electrons. The Bertz CT molecular complexity index is 589. The first-order valence-electron chi connectivity index (χ1n) is 10.9. The average molecular weight is 521 g/mol. The van der Waals surface area contributed by atoms with Gasteiger partial charge in [-0.3, -0.25) is 4.90 Å². The number of nitrogens with one attached hydrogen (secondary N) is 2. The van der Waals surface area contributed by atoms with Crippen molar-refractivity contribution < 1.29 is 9.26 Å². The van der Waals surface area contributed by atoms with E-state index < -0.39 is 0 Å². The molecule has 2 rings (SSSR count). The van der Waals surface area contributed by atoms with Gasteiger partial charge in [0.1, 0.15) is 6.54 Å². The standard InChI is InChI=1S/C21H39N5O2.HI/c1-6-17(7-2)20-11-18(28-25-20)12-23-21(22-8-3)24-13-19-15-26(9-10-27-19)14-16(4)5;/h11,16-17,19H,6-10,12-15H2,1-5H3,(H2,22,23,24);1H. The highest BCUT2D eigenvalue weighted by atomic mass is 127. The van der Waals surface area contributed by atoms with Crippen molar-refractivity contribution in [2.45, 2.75) is 66.0 Å². The van der Waals surface area contributed by atoms with E-state index >= 15 is 0 Å². The number of ether oxygens (including phenoxy) is 1. The molecule has 168 valence electrons. The summed E-state index contributed by atoms with van der Waals surface area (Å²) in [6.45, 7) is 16.9. The Kier molecular flexibility index (Phi) is 12.8. The van der Waals surface area contributed by atoms with E-state index in [1.165, 1.54) is 0 Å². The van der Waals surface area contributed by atoms with E-state index in [1.807, 2.05) is 6.07 Å². The van der Waals surface area contributed by atoms with Crippen molar-refractivity contribution in [2.75, 3.05) is 39.3 Å². The fourth-order valence-electron chi connectivity index (χ4n) is 3.60. The summed E-state index contributed by atoms with van der Waals surface area (Å²) >= 11 is 0. The number of aliphatic imine (C=N–C) groups is 1. The first-order chi connectivity index (χ1) is 13.5. The van der Waals surface area contributed by atoms with E-state index in [0.29, 0.717) is 18.4 Å². The van der Waals surface area contributed by atoms with Crippen LogP contribution in [0.15, 0.2) is 15.6 Å². The molecule has 2 N–H and O–H groups in total. The maximum atomic E-state index is 5.92. The number of hydrogen-bond acceptors (Lipinski definition) is 5. The van der Waals surface area contributed by atoms with E-state index in [0.717, 1.165) is 69.6 Å². The minimum absolute atomic E-state index is 0. The normalized spacial score (nSPS) is 18.2. The van der Waals surface area contributed by atoms with Crippen molar-refractivity contribution >= 4 is 29.9 Å². The number of rotatable bonds is 10. The van der Waals surface area contributed by atoms with Crippen molar-refractivity contribution in [2.24, 2.45) is 10.9 Å². The highest BCUT2D eigenvalue weighted by molar-refractivity contribution is 14.0. The van der Waals surface area contributed by atoms with E-state index in [-0.39, 0.29) is 30.1 Å². The van der Waals surface area contributed by atoms with Crippen LogP contribution >= 0.6 is 24.0 Å². The van der Waals surface area contributed by atoms with Gasteiger partial charge in [0.05, 0.1) is 18.4 Å². The SMILES string of the molecule is CCNC(=NCc1cc(C(CC)CC)no1)NCC1CN(CC(C)C)CCO1.I. The molecular weight excluding hydrogens is 481 g/mol. The molecule has 29 heavy (non-hydrogen) atoms. The molecule has 8 heteroatoms. The van der Waals surface area contributed by atoms with E-state index in [4.69, 9.17) is 9.26 Å². The van der Waals surface area contributed by atoms with Crippen molar-refractivity contribution in [3.63, 3.8) is 0 Å². The Labute approximate surface area is 193 Å². The van der Waals surface area contributed by atoms with Gasteiger partial charge < -0.3 is 19.9 Å². The summed E-state index contributed by atoms with van der Waals surface area (Å²) in [5, 5.41) is 10.9. The summed E-state index contributed by atoms with van der Waals surface area (Å²) in [5.41, 5.74) is 1.04. The Balaban J connectivity index is 0.00000420. The summed E-state index contributed by atoms with van der Waals surface area (Å²) in [4.78, 5) is 7.14. The molecule has 1 unspecified atom stereocenters. The predicted octanol–water partition coefficient (Wildman–Crippen LogP) is 3.61. The van der Waals surface area contributed by atoms with Gasteiger partial charge >= 0.3 is 0 Å². The van der Waals surface area contributed by atoms with Gasteiger partial charge in [-0.1, -0.05) is 32.9 Å². The van der Waals surface area contributed by atoms with E-state index in [2.05, 4.69) is 60.3 Å². The average Bonchev–Trinajstić information content (AvgIpc) is 3.13. The third kappa shape index (κ3) is 9.21. The molecule has 0 saturated carbocycles. The maximum Gasteiger partial charge on any atom is 0.191 e. The van der Waals surface area contributed by atoms with Crippen LogP contribution in [0.1, 0.15) is 64.8 Å². The van der Waals surface area contributed by atoms with Crippen molar-refractivity contribution in [1.82, 2.24) is 20.7 Å². The first-order valence-corrected chi connectivity index (χ1v) is 10.9. The van der Waals surface area contributed by atoms with Crippen LogP contribution in [-0.4, -0.2) is 61.5 Å². The molecule has 1 saturated heterocycles. The molecule has 0 amide bonds. The molecule has 1 atom stereocenters. The Morgan fingerprint density at radius 3 is 2.69 bits per heavy atom. The van der Waals surface area contributed by atoms with Gasteiger partial charge in [0.15, 0.2) is 11.7 Å². The second-order valence-electron chi connectivity index (χ2n) is 7.95. The molecule has 1 aliphatic heterocycles. The summed E-state index contributed by atoms with van der Waals surface area (Å²) in [7, 11) is 0. The van der Waals surface area contributed by atoms with Crippen molar-refractivity contribution in [3.05, 3.63) is 17.5 Å². The fourth-order valence-corrected chi connectivity index (χ4v) is 3.60. The number of morpholine rings is 1. The quantitative estimate of drug-likeness (QED) is 0.279. The largest absolute Gasteiger partial charge is 0.374 e. The third-order valence-corrected chi connectivity index (χ3v) is 5.06. The minimum Gasteiger partial charge on any atom is -0.374 e. The first kappa shape index (κ1) is 26.2. The highest BCUT2D eigenvalue weighted by Crippen LogP contribution is 2.22. The predicted molar refractivity (Wildman–Crippen MR) is 129 cm³/mol. The molecule has 0 aliphatic carbocycles. The monoisotopic (exact) mass is 521 g/mol. The molecule has 1 aromatic heterocycles. The fraction of sp³-hybridized carbons (Fsp3) is 0.810. The molecule has 1 fully saturated rings. The van der Waals surface area contributed by atoms with Crippen LogP contribution < -0.4 is 10.6 Å². The molecule has 0 aromatic carbocycles. The summed E-state index contributed by atoms with van der Waals surface area (Å²) in [6, 6.07) is 2.04. The third-order valence-electron chi connectivity index (χ3n) is 5.06. The summed E-state index contributed by atoms with van der Waals surface area (Å²) in [5.74, 6) is 2.73. The molecular formula is C21H40IN5O2. The van der Waals surface area contributed by atoms with Crippen molar-refractivity contribution in [3.8, 4) is 0 Å². The molecule has 1 aliphatic rings. The zero-order chi connectivity index (χ0) is 20.4. The van der Waals surface area contributed by atoms with Crippen LogP contribution in [-0.2, 0) is 11.3 Å². The number of aromatic nitrogens is 1. The van der Waals surface area contributed by atoms with E-state index in [9.17, 15) is 0 Å². The Morgan fingerprint density at radius 2 is 2.03 bits per heavy atom. The summed E-state index contributed by atoms with van der Waals surface area (Å²) < 4.78 is 11.4. The molecule has 7 nitrogen and oxygen atoms in total. The zero-order valence-electron chi connectivity index (χ0n) is 18.7. The topological polar surface area (TPSA) is 74.9 Å². The lowest BCUT2D eigenvalue weighted by Crippen LogP contribution is -2.50. The van der Waals surface area contributed by atoms with Crippen LogP contribution in [0.2, 0.25) is 0 Å². The summed E-state index contributed by atoms with van der Waals surface area (Å²) in [6.07, 6.45) is 2.33. The molecule has 0 bridgehead atoms. The van der Waals surface area contributed by atoms with Gasteiger partial charge in [-0.05, 0) is 25.7 Å². The number of hydrogen-bond donors (Lipinski definition) is 2. The smallest absolute Gasteiger partial charge is 0.191 e. The van der Waals surface area contributed by atoms with Gasteiger partial charge in [-0.15, -0.1) is 24.0 Å². The molecule has 2 heterocycles. The van der Waals surface area contributed by atoms with Crippen LogP contribution in [0.4, 0.5) is 0 Å². The number of guanidine groups is 1. The van der Waals surface area contributed by atoms with Gasteiger partial charge in [0, 0.05) is 44.7 Å². The second kappa shape index (κ2) is 14.2. The minimum atomic E-state index is 0. The lowest BCUT2D eigenvalue weighted by atomic mass is 9.99. The highest BCUT2D eigenvalue weighted by Gasteiger charge is 2.21. The lowest BCUT2D eigenvalue weighted by Gasteiger charge is -2.34. The zero-order valence-corrected chi connectivity index (χ0v) is 21.1. The maximum absolute atomic E-state index is 5.92. The van der Waals surface area contributed by atoms with Gasteiger partial charge in [-0.25, -0.2) is 4.99 Å². The van der Waals surface area contributed by atoms with Crippen LogP contribution in [0.25, 0.3) is 0 Å². The van der Waals surface area contributed by atoms with Crippen LogP contribution in [0.5, 0.6) is 0 Å².